The average Bonchev–Trinajstić information content (AvgIpc) is 2.72. The van der Waals surface area contributed by atoms with Crippen LogP contribution < -0.4 is 5.32 Å². The molecule has 2 atom stereocenters. The molecule has 0 aliphatic carbocycles. The van der Waals surface area contributed by atoms with E-state index in [1.807, 2.05) is 17.8 Å². The fourth-order valence-electron chi connectivity index (χ4n) is 1.55. The first-order valence-corrected chi connectivity index (χ1v) is 4.73. The number of aryl methyl sites for hydroxylation is 1. The Morgan fingerprint density at radius 1 is 1.71 bits per heavy atom. The van der Waals surface area contributed by atoms with Gasteiger partial charge in [-0.2, -0.15) is 5.10 Å². The third kappa shape index (κ3) is 1.95. The molecule has 0 amide bonds. The molecule has 1 aromatic heterocycles. The Morgan fingerprint density at radius 2 is 2.57 bits per heavy atom. The van der Waals surface area contributed by atoms with E-state index in [2.05, 4.69) is 10.4 Å². The molecule has 1 fully saturated rings. The predicted octanol–water partition coefficient (Wildman–Crippen LogP) is -0.731. The zero-order valence-corrected chi connectivity index (χ0v) is 8.18. The number of hydrogen-bond acceptors (Lipinski definition) is 4. The van der Waals surface area contributed by atoms with Gasteiger partial charge < -0.3 is 15.2 Å². The monoisotopic (exact) mass is 197 g/mol. The zero-order chi connectivity index (χ0) is 9.97. The van der Waals surface area contributed by atoms with Crippen LogP contribution in [0.2, 0.25) is 0 Å². The molecule has 2 rings (SSSR count). The van der Waals surface area contributed by atoms with Crippen LogP contribution in [0.1, 0.15) is 5.69 Å². The van der Waals surface area contributed by atoms with E-state index in [9.17, 15) is 5.11 Å². The second kappa shape index (κ2) is 4.08. The van der Waals surface area contributed by atoms with Crippen LogP contribution in [-0.4, -0.2) is 40.2 Å². The van der Waals surface area contributed by atoms with Gasteiger partial charge in [-0.15, -0.1) is 0 Å². The minimum atomic E-state index is -0.386. The molecule has 1 saturated heterocycles. The van der Waals surface area contributed by atoms with Crippen LogP contribution in [0.15, 0.2) is 12.3 Å². The van der Waals surface area contributed by atoms with Gasteiger partial charge in [-0.05, 0) is 6.07 Å². The Kier molecular flexibility index (Phi) is 2.81. The van der Waals surface area contributed by atoms with Crippen molar-refractivity contribution in [3.63, 3.8) is 0 Å². The number of aliphatic hydroxyl groups excluding tert-OH is 1. The number of aliphatic hydroxyl groups is 1. The van der Waals surface area contributed by atoms with Gasteiger partial charge in [0, 0.05) is 19.8 Å². The number of ether oxygens (including phenoxy) is 1. The first-order chi connectivity index (χ1) is 6.77. The largest absolute Gasteiger partial charge is 0.389 e. The molecule has 2 unspecified atom stereocenters. The van der Waals surface area contributed by atoms with Crippen molar-refractivity contribution in [3.8, 4) is 0 Å². The second-order valence-corrected chi connectivity index (χ2v) is 3.54. The summed E-state index contributed by atoms with van der Waals surface area (Å²) in [6.45, 7) is 1.73. The molecule has 5 heteroatoms. The highest BCUT2D eigenvalue weighted by molar-refractivity contribution is 5.00. The summed E-state index contributed by atoms with van der Waals surface area (Å²) in [6.07, 6.45) is 1.38. The van der Waals surface area contributed by atoms with E-state index in [4.69, 9.17) is 4.74 Å². The molecule has 1 aliphatic rings. The summed E-state index contributed by atoms with van der Waals surface area (Å²) in [5.41, 5.74) is 1.10. The van der Waals surface area contributed by atoms with Crippen LogP contribution in [0, 0.1) is 0 Å². The third-order valence-electron chi connectivity index (χ3n) is 2.52. The third-order valence-corrected chi connectivity index (χ3v) is 2.52. The average molecular weight is 197 g/mol. The summed E-state index contributed by atoms with van der Waals surface area (Å²) < 4.78 is 6.95. The number of hydrogen-bond donors (Lipinski definition) is 2. The van der Waals surface area contributed by atoms with E-state index in [0.29, 0.717) is 19.8 Å². The van der Waals surface area contributed by atoms with Crippen molar-refractivity contribution in [2.75, 3.05) is 13.2 Å². The smallest absolute Gasteiger partial charge is 0.0948 e. The molecule has 0 spiro atoms. The van der Waals surface area contributed by atoms with E-state index in [-0.39, 0.29) is 12.1 Å². The van der Waals surface area contributed by atoms with Gasteiger partial charge in [-0.3, -0.25) is 4.68 Å². The number of nitrogens with one attached hydrogen (secondary N) is 1. The van der Waals surface area contributed by atoms with Crippen LogP contribution in [-0.2, 0) is 18.3 Å². The molecule has 0 aromatic carbocycles. The molecular weight excluding hydrogens is 182 g/mol. The van der Waals surface area contributed by atoms with Crippen molar-refractivity contribution < 1.29 is 9.84 Å². The summed E-state index contributed by atoms with van der Waals surface area (Å²) in [4.78, 5) is 0. The first-order valence-electron chi connectivity index (χ1n) is 4.73. The lowest BCUT2D eigenvalue weighted by Crippen LogP contribution is -2.38. The fraction of sp³-hybridized carbons (Fsp3) is 0.667. The molecule has 2 N–H and O–H groups in total. The van der Waals surface area contributed by atoms with Gasteiger partial charge in [-0.25, -0.2) is 0 Å². The summed E-state index contributed by atoms with van der Waals surface area (Å²) in [5.74, 6) is 0. The zero-order valence-electron chi connectivity index (χ0n) is 8.18. The van der Waals surface area contributed by atoms with Gasteiger partial charge in [0.2, 0.25) is 0 Å². The maximum Gasteiger partial charge on any atom is 0.0948 e. The Balaban J connectivity index is 1.85. The first kappa shape index (κ1) is 9.64. The molecular formula is C9H15N3O2. The van der Waals surface area contributed by atoms with Gasteiger partial charge in [0.1, 0.15) is 0 Å². The standard InChI is InChI=1S/C9H15N3O2/c1-12-7(2-3-11-12)4-10-8-5-14-6-9(8)13/h2-3,8-10,13H,4-6H2,1H3. The van der Waals surface area contributed by atoms with Crippen molar-refractivity contribution in [2.45, 2.75) is 18.7 Å². The fourth-order valence-corrected chi connectivity index (χ4v) is 1.55. The van der Waals surface area contributed by atoms with Gasteiger partial charge in [0.15, 0.2) is 0 Å². The summed E-state index contributed by atoms with van der Waals surface area (Å²) in [5, 5.41) is 16.8. The summed E-state index contributed by atoms with van der Waals surface area (Å²) in [6, 6.07) is 2.00. The Hall–Kier alpha value is -0.910. The maximum atomic E-state index is 9.48. The molecule has 1 aromatic rings. The van der Waals surface area contributed by atoms with Crippen LogP contribution >= 0.6 is 0 Å². The molecule has 0 saturated carbocycles. The maximum absolute atomic E-state index is 9.48. The van der Waals surface area contributed by atoms with E-state index < -0.39 is 0 Å². The number of aromatic nitrogens is 2. The highest BCUT2D eigenvalue weighted by Gasteiger charge is 2.25. The van der Waals surface area contributed by atoms with Crippen molar-refractivity contribution in [3.05, 3.63) is 18.0 Å². The van der Waals surface area contributed by atoms with E-state index in [1.165, 1.54) is 0 Å². The lowest BCUT2D eigenvalue weighted by Gasteiger charge is -2.14. The lowest BCUT2D eigenvalue weighted by molar-refractivity contribution is 0.122. The molecule has 14 heavy (non-hydrogen) atoms. The Morgan fingerprint density at radius 3 is 3.14 bits per heavy atom. The van der Waals surface area contributed by atoms with Crippen LogP contribution in [0.3, 0.4) is 0 Å². The minimum Gasteiger partial charge on any atom is -0.389 e. The normalized spacial score (nSPS) is 27.0. The van der Waals surface area contributed by atoms with Gasteiger partial charge >= 0.3 is 0 Å². The van der Waals surface area contributed by atoms with Crippen LogP contribution in [0.5, 0.6) is 0 Å². The molecule has 0 radical (unpaired) electrons. The van der Waals surface area contributed by atoms with Crippen LogP contribution in [0.4, 0.5) is 0 Å². The quantitative estimate of drug-likeness (QED) is 0.670. The van der Waals surface area contributed by atoms with E-state index >= 15 is 0 Å². The lowest BCUT2D eigenvalue weighted by atomic mass is 10.2. The minimum absolute atomic E-state index is 0.0462. The number of nitrogens with zero attached hydrogens (tertiary/aromatic N) is 2. The molecule has 5 nitrogen and oxygen atoms in total. The number of rotatable bonds is 3. The molecule has 0 bridgehead atoms. The van der Waals surface area contributed by atoms with Gasteiger partial charge in [0.05, 0.1) is 31.1 Å². The topological polar surface area (TPSA) is 59.3 Å². The predicted molar refractivity (Wildman–Crippen MR) is 50.7 cm³/mol. The van der Waals surface area contributed by atoms with Crippen LogP contribution in [0.25, 0.3) is 0 Å². The van der Waals surface area contributed by atoms with Crippen molar-refractivity contribution >= 4 is 0 Å². The van der Waals surface area contributed by atoms with Crippen molar-refractivity contribution in [2.24, 2.45) is 7.05 Å². The van der Waals surface area contributed by atoms with Crippen molar-refractivity contribution in [1.29, 1.82) is 0 Å². The van der Waals surface area contributed by atoms with Gasteiger partial charge in [0.25, 0.3) is 0 Å². The SMILES string of the molecule is Cn1nccc1CNC1COCC1O. The molecule has 1 aliphatic heterocycles. The molecule has 78 valence electrons. The van der Waals surface area contributed by atoms with E-state index in [0.717, 1.165) is 5.69 Å². The Labute approximate surface area is 82.7 Å². The molecule has 2 heterocycles. The highest BCUT2D eigenvalue weighted by atomic mass is 16.5. The highest BCUT2D eigenvalue weighted by Crippen LogP contribution is 2.06. The van der Waals surface area contributed by atoms with Gasteiger partial charge in [-0.1, -0.05) is 0 Å². The van der Waals surface area contributed by atoms with E-state index in [1.54, 1.807) is 6.20 Å². The Bertz CT molecular complexity index is 300. The van der Waals surface area contributed by atoms with Crippen molar-refractivity contribution in [1.82, 2.24) is 15.1 Å². The second-order valence-electron chi connectivity index (χ2n) is 3.54. The summed E-state index contributed by atoms with van der Waals surface area (Å²) in [7, 11) is 1.90. The summed E-state index contributed by atoms with van der Waals surface area (Å²) >= 11 is 0.